The predicted molar refractivity (Wildman–Crippen MR) is 74.5 cm³/mol. The van der Waals surface area contributed by atoms with Gasteiger partial charge in [-0.1, -0.05) is 0 Å². The molecule has 1 unspecified atom stereocenters. The van der Waals surface area contributed by atoms with Crippen LogP contribution in [0, 0.1) is 24.2 Å². The molecular weight excluding hydrogens is 238 g/mol. The number of aromatic nitrogens is 1. The number of piperidine rings is 1. The minimum Gasteiger partial charge on any atom is -0.393 e. The molecule has 1 aromatic rings. The third-order valence-corrected chi connectivity index (χ3v) is 4.46. The fourth-order valence-corrected chi connectivity index (χ4v) is 2.86. The van der Waals surface area contributed by atoms with Gasteiger partial charge < -0.3 is 9.67 Å². The molecule has 0 amide bonds. The Bertz CT molecular complexity index is 476. The summed E-state index contributed by atoms with van der Waals surface area (Å²) in [5, 5.41) is 18.7. The first-order valence-corrected chi connectivity index (χ1v) is 6.98. The summed E-state index contributed by atoms with van der Waals surface area (Å²) in [7, 11) is 1.94. The van der Waals surface area contributed by atoms with Gasteiger partial charge in [0.2, 0.25) is 0 Å². The standard InChI is InChI=1S/C15H23N3O/c1-11-14(8-15(9-16)17(11)3)10-18-6-4-13(5-7-18)12(2)19/h8,12-13,19H,4-7,10H2,1-3H3. The second kappa shape index (κ2) is 5.77. The van der Waals surface area contributed by atoms with E-state index in [4.69, 9.17) is 5.26 Å². The monoisotopic (exact) mass is 261 g/mol. The average Bonchev–Trinajstić information content (AvgIpc) is 2.67. The highest BCUT2D eigenvalue weighted by molar-refractivity contribution is 5.34. The molecular formula is C15H23N3O. The van der Waals surface area contributed by atoms with E-state index < -0.39 is 0 Å². The van der Waals surface area contributed by atoms with Crippen LogP contribution >= 0.6 is 0 Å². The van der Waals surface area contributed by atoms with Gasteiger partial charge in [-0.2, -0.15) is 5.26 Å². The zero-order valence-electron chi connectivity index (χ0n) is 12.1. The Kier molecular flexibility index (Phi) is 4.28. The van der Waals surface area contributed by atoms with Crippen molar-refractivity contribution in [3.63, 3.8) is 0 Å². The van der Waals surface area contributed by atoms with Crippen LogP contribution in [0.15, 0.2) is 6.07 Å². The van der Waals surface area contributed by atoms with Crippen LogP contribution in [0.1, 0.15) is 36.7 Å². The molecule has 0 spiro atoms. The van der Waals surface area contributed by atoms with Gasteiger partial charge in [-0.15, -0.1) is 0 Å². The molecule has 1 aromatic heterocycles. The van der Waals surface area contributed by atoms with E-state index in [2.05, 4.69) is 17.9 Å². The number of hydrogen-bond acceptors (Lipinski definition) is 3. The van der Waals surface area contributed by atoms with E-state index in [0.29, 0.717) is 5.92 Å². The number of aliphatic hydroxyl groups excluding tert-OH is 1. The van der Waals surface area contributed by atoms with Crippen LogP contribution in [0.5, 0.6) is 0 Å². The first-order chi connectivity index (χ1) is 9.02. The van der Waals surface area contributed by atoms with Crippen LogP contribution in [0.2, 0.25) is 0 Å². The molecule has 2 rings (SSSR count). The van der Waals surface area contributed by atoms with Crippen molar-refractivity contribution in [2.24, 2.45) is 13.0 Å². The van der Waals surface area contributed by atoms with Crippen LogP contribution in [0.3, 0.4) is 0 Å². The summed E-state index contributed by atoms with van der Waals surface area (Å²) in [6, 6.07) is 4.22. The molecule has 0 saturated carbocycles. The van der Waals surface area contributed by atoms with Crippen molar-refractivity contribution >= 4 is 0 Å². The summed E-state index contributed by atoms with van der Waals surface area (Å²) in [6.45, 7) is 6.94. The molecule has 2 heterocycles. The topological polar surface area (TPSA) is 52.2 Å². The Morgan fingerprint density at radius 2 is 2.11 bits per heavy atom. The lowest BCUT2D eigenvalue weighted by molar-refractivity contribution is 0.0695. The van der Waals surface area contributed by atoms with Gasteiger partial charge in [0, 0.05) is 19.3 Å². The third kappa shape index (κ3) is 2.99. The van der Waals surface area contributed by atoms with Gasteiger partial charge in [-0.25, -0.2) is 0 Å². The van der Waals surface area contributed by atoms with Crippen LogP contribution in [-0.4, -0.2) is 33.8 Å². The first-order valence-electron chi connectivity index (χ1n) is 6.98. The largest absolute Gasteiger partial charge is 0.393 e. The third-order valence-electron chi connectivity index (χ3n) is 4.46. The van der Waals surface area contributed by atoms with E-state index in [-0.39, 0.29) is 6.10 Å². The van der Waals surface area contributed by atoms with E-state index in [1.807, 2.05) is 24.6 Å². The molecule has 1 saturated heterocycles. The van der Waals surface area contributed by atoms with Crippen molar-refractivity contribution in [3.05, 3.63) is 23.0 Å². The molecule has 104 valence electrons. The van der Waals surface area contributed by atoms with Crippen LogP contribution in [0.4, 0.5) is 0 Å². The Balaban J connectivity index is 1.98. The van der Waals surface area contributed by atoms with Crippen LogP contribution in [0.25, 0.3) is 0 Å². The van der Waals surface area contributed by atoms with Crippen molar-refractivity contribution < 1.29 is 5.11 Å². The Morgan fingerprint density at radius 3 is 2.58 bits per heavy atom. The van der Waals surface area contributed by atoms with Crippen molar-refractivity contribution in [1.29, 1.82) is 5.26 Å². The molecule has 0 aliphatic carbocycles. The quantitative estimate of drug-likeness (QED) is 0.902. The highest BCUT2D eigenvalue weighted by atomic mass is 16.3. The smallest absolute Gasteiger partial charge is 0.120 e. The van der Waals surface area contributed by atoms with Crippen molar-refractivity contribution in [1.82, 2.24) is 9.47 Å². The minimum absolute atomic E-state index is 0.189. The lowest BCUT2D eigenvalue weighted by atomic mass is 9.92. The summed E-state index contributed by atoms with van der Waals surface area (Å²) in [4.78, 5) is 2.42. The zero-order chi connectivity index (χ0) is 14.0. The van der Waals surface area contributed by atoms with Gasteiger partial charge in [0.25, 0.3) is 0 Å². The van der Waals surface area contributed by atoms with E-state index in [0.717, 1.165) is 38.2 Å². The van der Waals surface area contributed by atoms with Crippen molar-refractivity contribution in [3.8, 4) is 6.07 Å². The lowest BCUT2D eigenvalue weighted by Crippen LogP contribution is -2.36. The second-order valence-corrected chi connectivity index (χ2v) is 5.67. The minimum atomic E-state index is -0.189. The molecule has 4 heteroatoms. The molecule has 1 atom stereocenters. The highest BCUT2D eigenvalue weighted by Gasteiger charge is 2.23. The fraction of sp³-hybridized carbons (Fsp3) is 0.667. The van der Waals surface area contributed by atoms with E-state index in [9.17, 15) is 5.11 Å². The number of aliphatic hydroxyl groups is 1. The molecule has 0 aromatic carbocycles. The van der Waals surface area contributed by atoms with Gasteiger partial charge >= 0.3 is 0 Å². The summed E-state index contributed by atoms with van der Waals surface area (Å²) in [5.74, 6) is 0.447. The van der Waals surface area contributed by atoms with E-state index in [1.54, 1.807) is 0 Å². The molecule has 0 bridgehead atoms. The molecule has 1 aliphatic heterocycles. The Morgan fingerprint density at radius 1 is 1.47 bits per heavy atom. The summed E-state index contributed by atoms with van der Waals surface area (Å²) in [5.41, 5.74) is 3.15. The average molecular weight is 261 g/mol. The summed E-state index contributed by atoms with van der Waals surface area (Å²) in [6.07, 6.45) is 1.94. The number of likely N-dealkylation sites (tertiary alicyclic amines) is 1. The van der Waals surface area contributed by atoms with Gasteiger partial charge in [0.1, 0.15) is 11.8 Å². The second-order valence-electron chi connectivity index (χ2n) is 5.67. The zero-order valence-corrected chi connectivity index (χ0v) is 12.1. The van der Waals surface area contributed by atoms with Crippen LogP contribution < -0.4 is 0 Å². The summed E-state index contributed by atoms with van der Waals surface area (Å²) >= 11 is 0. The summed E-state index contributed by atoms with van der Waals surface area (Å²) < 4.78 is 1.96. The van der Waals surface area contributed by atoms with Gasteiger partial charge in [-0.3, -0.25) is 4.90 Å². The highest BCUT2D eigenvalue weighted by Crippen LogP contribution is 2.23. The Labute approximate surface area is 115 Å². The van der Waals surface area contributed by atoms with Crippen LogP contribution in [-0.2, 0) is 13.6 Å². The van der Waals surface area contributed by atoms with Gasteiger partial charge in [0.15, 0.2) is 0 Å². The van der Waals surface area contributed by atoms with E-state index >= 15 is 0 Å². The normalized spacial score (nSPS) is 19.3. The Hall–Kier alpha value is -1.31. The molecule has 0 radical (unpaired) electrons. The number of nitriles is 1. The maximum absolute atomic E-state index is 9.61. The maximum Gasteiger partial charge on any atom is 0.120 e. The number of hydrogen-bond donors (Lipinski definition) is 1. The van der Waals surface area contributed by atoms with Gasteiger partial charge in [0.05, 0.1) is 6.10 Å². The molecule has 1 N–H and O–H groups in total. The van der Waals surface area contributed by atoms with Gasteiger partial charge in [-0.05, 0) is 57.3 Å². The molecule has 19 heavy (non-hydrogen) atoms. The first kappa shape index (κ1) is 14.1. The lowest BCUT2D eigenvalue weighted by Gasteiger charge is -2.33. The fourth-order valence-electron chi connectivity index (χ4n) is 2.86. The number of rotatable bonds is 3. The number of nitrogens with zero attached hydrogens (tertiary/aromatic N) is 3. The maximum atomic E-state index is 9.61. The van der Waals surface area contributed by atoms with Crippen molar-refractivity contribution in [2.75, 3.05) is 13.1 Å². The van der Waals surface area contributed by atoms with E-state index in [1.165, 1.54) is 11.3 Å². The SMILES string of the molecule is Cc1c(CN2CCC(C(C)O)CC2)cc(C#N)n1C. The molecule has 4 nitrogen and oxygen atoms in total. The molecule has 1 aliphatic rings. The van der Waals surface area contributed by atoms with Crippen molar-refractivity contribution in [2.45, 2.75) is 39.3 Å². The predicted octanol–water partition coefficient (Wildman–Crippen LogP) is 1.80. The molecule has 1 fully saturated rings.